The highest BCUT2D eigenvalue weighted by Crippen LogP contribution is 2.15. The van der Waals surface area contributed by atoms with Gasteiger partial charge in [-0.2, -0.15) is 0 Å². The van der Waals surface area contributed by atoms with Gasteiger partial charge in [-0.1, -0.05) is 12.8 Å². The number of rotatable bonds is 1. The van der Waals surface area contributed by atoms with Crippen LogP contribution in [0.25, 0.3) is 0 Å². The molecule has 0 aromatic heterocycles. The zero-order valence-electron chi connectivity index (χ0n) is 8.68. The summed E-state index contributed by atoms with van der Waals surface area (Å²) < 4.78 is 0. The molecule has 0 aliphatic carbocycles. The number of carbonyl (C=O) groups is 1. The van der Waals surface area contributed by atoms with Crippen LogP contribution in [0.4, 0.5) is 4.79 Å². The van der Waals surface area contributed by atoms with Crippen molar-refractivity contribution in [3.8, 4) is 0 Å². The highest BCUT2D eigenvalue weighted by molar-refractivity contribution is 5.74. The summed E-state index contributed by atoms with van der Waals surface area (Å²) in [5, 5.41) is 2.86. The molecule has 0 aromatic carbocycles. The first-order valence-corrected chi connectivity index (χ1v) is 5.30. The van der Waals surface area contributed by atoms with Crippen LogP contribution in [0.2, 0.25) is 0 Å². The molecular formula is C10H20N2O. The molecular weight excluding hydrogens is 164 g/mol. The van der Waals surface area contributed by atoms with Crippen molar-refractivity contribution in [2.75, 3.05) is 13.1 Å². The minimum absolute atomic E-state index is 0.108. The van der Waals surface area contributed by atoms with E-state index in [4.69, 9.17) is 0 Å². The molecule has 0 radical (unpaired) electrons. The Morgan fingerprint density at radius 1 is 1.46 bits per heavy atom. The lowest BCUT2D eigenvalue weighted by atomic mass is 10.1. The summed E-state index contributed by atoms with van der Waals surface area (Å²) in [6.45, 7) is 5.75. The number of urea groups is 1. The summed E-state index contributed by atoms with van der Waals surface area (Å²) in [5.74, 6) is 0. The standard InChI is InChI=1S/C10H20N2O/c1-3-11-10(13)12-8-6-4-5-7-9(12)2/h9H,3-8H2,1-2H3,(H,11,13). The van der Waals surface area contributed by atoms with Crippen LogP contribution in [0.1, 0.15) is 39.5 Å². The summed E-state index contributed by atoms with van der Waals surface area (Å²) in [6, 6.07) is 0.519. The van der Waals surface area contributed by atoms with Crippen molar-refractivity contribution in [1.82, 2.24) is 10.2 Å². The molecule has 1 aliphatic heterocycles. The SMILES string of the molecule is CCNC(=O)N1CCCCCC1C. The van der Waals surface area contributed by atoms with Gasteiger partial charge < -0.3 is 10.2 Å². The maximum absolute atomic E-state index is 11.6. The average molecular weight is 184 g/mol. The van der Waals surface area contributed by atoms with E-state index in [2.05, 4.69) is 12.2 Å². The van der Waals surface area contributed by atoms with Gasteiger partial charge in [0.1, 0.15) is 0 Å². The molecule has 1 atom stereocenters. The normalized spacial score (nSPS) is 23.8. The molecule has 1 saturated heterocycles. The summed E-state index contributed by atoms with van der Waals surface area (Å²) in [4.78, 5) is 13.5. The molecule has 1 N–H and O–H groups in total. The topological polar surface area (TPSA) is 32.3 Å². The number of nitrogens with one attached hydrogen (secondary N) is 1. The Balaban J connectivity index is 2.48. The molecule has 3 heteroatoms. The number of nitrogens with zero attached hydrogens (tertiary/aromatic N) is 1. The van der Waals surface area contributed by atoms with Gasteiger partial charge in [-0.05, 0) is 26.7 Å². The van der Waals surface area contributed by atoms with Gasteiger partial charge >= 0.3 is 6.03 Å². The Bertz CT molecular complexity index is 170. The molecule has 0 bridgehead atoms. The average Bonchev–Trinajstić information content (AvgIpc) is 2.30. The summed E-state index contributed by atoms with van der Waals surface area (Å²) >= 11 is 0. The molecule has 2 amide bonds. The van der Waals surface area contributed by atoms with Crippen LogP contribution in [0.15, 0.2) is 0 Å². The monoisotopic (exact) mass is 184 g/mol. The van der Waals surface area contributed by atoms with Crippen molar-refractivity contribution in [2.45, 2.75) is 45.6 Å². The van der Waals surface area contributed by atoms with Gasteiger partial charge in [0.25, 0.3) is 0 Å². The van der Waals surface area contributed by atoms with E-state index in [0.717, 1.165) is 25.9 Å². The van der Waals surface area contributed by atoms with Crippen molar-refractivity contribution in [3.63, 3.8) is 0 Å². The van der Waals surface area contributed by atoms with Crippen molar-refractivity contribution >= 4 is 6.03 Å². The van der Waals surface area contributed by atoms with E-state index in [9.17, 15) is 4.79 Å². The van der Waals surface area contributed by atoms with Crippen molar-refractivity contribution < 1.29 is 4.79 Å². The van der Waals surface area contributed by atoms with Gasteiger partial charge in [-0.3, -0.25) is 0 Å². The molecule has 13 heavy (non-hydrogen) atoms. The van der Waals surface area contributed by atoms with Crippen LogP contribution in [-0.2, 0) is 0 Å². The molecule has 1 rings (SSSR count). The van der Waals surface area contributed by atoms with E-state index in [1.54, 1.807) is 0 Å². The summed E-state index contributed by atoms with van der Waals surface area (Å²) in [5.41, 5.74) is 0. The Hall–Kier alpha value is -0.730. The van der Waals surface area contributed by atoms with Gasteiger partial charge in [0.2, 0.25) is 0 Å². The highest BCUT2D eigenvalue weighted by atomic mass is 16.2. The molecule has 1 aliphatic rings. The van der Waals surface area contributed by atoms with Crippen LogP contribution in [0.3, 0.4) is 0 Å². The zero-order valence-corrected chi connectivity index (χ0v) is 8.68. The van der Waals surface area contributed by atoms with Gasteiger partial charge in [0, 0.05) is 19.1 Å². The van der Waals surface area contributed by atoms with E-state index in [0.29, 0.717) is 6.04 Å². The van der Waals surface area contributed by atoms with Crippen LogP contribution in [0, 0.1) is 0 Å². The minimum atomic E-state index is 0.108. The van der Waals surface area contributed by atoms with Gasteiger partial charge in [-0.25, -0.2) is 4.79 Å². The van der Waals surface area contributed by atoms with Crippen LogP contribution in [0.5, 0.6) is 0 Å². The lowest BCUT2D eigenvalue weighted by molar-refractivity contribution is 0.181. The lowest BCUT2D eigenvalue weighted by Gasteiger charge is -2.26. The van der Waals surface area contributed by atoms with E-state index in [1.165, 1.54) is 12.8 Å². The van der Waals surface area contributed by atoms with E-state index in [-0.39, 0.29) is 6.03 Å². The Morgan fingerprint density at radius 2 is 2.23 bits per heavy atom. The number of likely N-dealkylation sites (tertiary alicyclic amines) is 1. The Kier molecular flexibility index (Phi) is 4.06. The number of hydrogen-bond donors (Lipinski definition) is 1. The molecule has 1 unspecified atom stereocenters. The van der Waals surface area contributed by atoms with Crippen molar-refractivity contribution in [2.24, 2.45) is 0 Å². The molecule has 1 heterocycles. The maximum atomic E-state index is 11.6. The second-order valence-electron chi connectivity index (χ2n) is 3.73. The smallest absolute Gasteiger partial charge is 0.317 e. The molecule has 76 valence electrons. The first-order valence-electron chi connectivity index (χ1n) is 5.30. The first kappa shape index (κ1) is 10.4. The Morgan fingerprint density at radius 3 is 2.92 bits per heavy atom. The third kappa shape index (κ3) is 2.90. The predicted octanol–water partition coefficient (Wildman–Crippen LogP) is 1.98. The third-order valence-corrected chi connectivity index (χ3v) is 2.64. The number of carbonyl (C=O) groups excluding carboxylic acids is 1. The van der Waals surface area contributed by atoms with Crippen molar-refractivity contribution in [1.29, 1.82) is 0 Å². The van der Waals surface area contributed by atoms with Gasteiger partial charge in [0.05, 0.1) is 0 Å². The zero-order chi connectivity index (χ0) is 9.68. The van der Waals surface area contributed by atoms with Crippen LogP contribution >= 0.6 is 0 Å². The molecule has 0 saturated carbocycles. The minimum Gasteiger partial charge on any atom is -0.338 e. The molecule has 1 fully saturated rings. The number of hydrogen-bond acceptors (Lipinski definition) is 1. The van der Waals surface area contributed by atoms with E-state index >= 15 is 0 Å². The molecule has 0 spiro atoms. The summed E-state index contributed by atoms with van der Waals surface area (Å²) in [6.07, 6.45) is 4.83. The lowest BCUT2D eigenvalue weighted by Crippen LogP contribution is -2.44. The van der Waals surface area contributed by atoms with Gasteiger partial charge in [-0.15, -0.1) is 0 Å². The maximum Gasteiger partial charge on any atom is 0.317 e. The highest BCUT2D eigenvalue weighted by Gasteiger charge is 2.20. The fourth-order valence-corrected chi connectivity index (χ4v) is 1.83. The fourth-order valence-electron chi connectivity index (χ4n) is 1.83. The van der Waals surface area contributed by atoms with E-state index < -0.39 is 0 Å². The fraction of sp³-hybridized carbons (Fsp3) is 0.900. The summed E-state index contributed by atoms with van der Waals surface area (Å²) in [7, 11) is 0. The third-order valence-electron chi connectivity index (χ3n) is 2.64. The number of amides is 2. The first-order chi connectivity index (χ1) is 6.25. The predicted molar refractivity (Wildman–Crippen MR) is 53.7 cm³/mol. The molecule has 3 nitrogen and oxygen atoms in total. The second kappa shape index (κ2) is 5.10. The molecule has 0 aromatic rings. The van der Waals surface area contributed by atoms with Crippen molar-refractivity contribution in [3.05, 3.63) is 0 Å². The quantitative estimate of drug-likeness (QED) is 0.664. The van der Waals surface area contributed by atoms with Crippen LogP contribution < -0.4 is 5.32 Å². The largest absolute Gasteiger partial charge is 0.338 e. The Labute approximate surface area is 80.5 Å². The second-order valence-corrected chi connectivity index (χ2v) is 3.73. The van der Waals surface area contributed by atoms with E-state index in [1.807, 2.05) is 11.8 Å². The van der Waals surface area contributed by atoms with Crippen LogP contribution in [-0.4, -0.2) is 30.1 Å². The van der Waals surface area contributed by atoms with Gasteiger partial charge in [0.15, 0.2) is 0 Å².